The van der Waals surface area contributed by atoms with E-state index in [0.29, 0.717) is 5.96 Å². The average molecular weight is 448 g/mol. The van der Waals surface area contributed by atoms with Crippen LogP contribution in [0, 0.1) is 5.92 Å². The summed E-state index contributed by atoms with van der Waals surface area (Å²) in [6, 6.07) is 7.51. The minimum atomic E-state index is -0.665. The van der Waals surface area contributed by atoms with E-state index in [2.05, 4.69) is 20.5 Å². The number of benzene rings is 1. The normalized spacial score (nSPS) is 16.7. The van der Waals surface area contributed by atoms with Gasteiger partial charge in [-0.25, -0.2) is 0 Å². The molecule has 1 saturated heterocycles. The van der Waals surface area contributed by atoms with Gasteiger partial charge in [0.2, 0.25) is 5.91 Å². The van der Waals surface area contributed by atoms with Gasteiger partial charge in [-0.1, -0.05) is 12.1 Å². The van der Waals surface area contributed by atoms with Gasteiger partial charge < -0.3 is 31.1 Å². The van der Waals surface area contributed by atoms with Crippen molar-refractivity contribution in [3.8, 4) is 5.75 Å². The monoisotopic (exact) mass is 447 g/mol. The molecule has 1 fully saturated rings. The predicted molar refractivity (Wildman–Crippen MR) is 129 cm³/mol. The largest absolute Gasteiger partial charge is 0.491 e. The summed E-state index contributed by atoms with van der Waals surface area (Å²) in [4.78, 5) is 18.2. The van der Waals surface area contributed by atoms with Crippen LogP contribution in [0.25, 0.3) is 0 Å². The molecule has 32 heavy (non-hydrogen) atoms. The second kappa shape index (κ2) is 14.0. The first kappa shape index (κ1) is 25.9. The number of guanidine groups is 1. The van der Waals surface area contributed by atoms with Crippen LogP contribution in [0.2, 0.25) is 0 Å². The third kappa shape index (κ3) is 9.44. The van der Waals surface area contributed by atoms with Gasteiger partial charge in [-0.2, -0.15) is 0 Å². The quantitative estimate of drug-likeness (QED) is 0.222. The number of piperidine rings is 1. The number of nitrogens with one attached hydrogen (secondary N) is 2. The van der Waals surface area contributed by atoms with Crippen LogP contribution in [0.4, 0.5) is 0 Å². The Balaban J connectivity index is 1.69. The van der Waals surface area contributed by atoms with Gasteiger partial charge in [0.25, 0.3) is 0 Å². The second-order valence-corrected chi connectivity index (χ2v) is 8.62. The van der Waals surface area contributed by atoms with Crippen LogP contribution in [-0.4, -0.2) is 67.2 Å². The number of unbranched alkanes of at least 4 members (excludes halogenated alkanes) is 1. The third-order valence-electron chi connectivity index (χ3n) is 5.59. The molecule has 0 spiro atoms. The summed E-state index contributed by atoms with van der Waals surface area (Å²) in [5.74, 6) is 1.40. The summed E-state index contributed by atoms with van der Waals surface area (Å²) < 4.78 is 5.65. The first-order valence-electron chi connectivity index (χ1n) is 11.9. The molecule has 1 aromatic carbocycles. The molecule has 1 aliphatic heterocycles. The Labute approximate surface area is 192 Å². The number of carbonyl (C=O) groups is 1. The second-order valence-electron chi connectivity index (χ2n) is 8.62. The molecule has 0 saturated carbocycles. The van der Waals surface area contributed by atoms with Crippen molar-refractivity contribution in [2.45, 2.75) is 58.7 Å². The van der Waals surface area contributed by atoms with Gasteiger partial charge in [-0.15, -0.1) is 0 Å². The molecule has 0 aromatic heterocycles. The van der Waals surface area contributed by atoms with E-state index in [1.165, 1.54) is 0 Å². The van der Waals surface area contributed by atoms with Crippen molar-refractivity contribution in [2.75, 3.05) is 39.3 Å². The number of amides is 1. The molecule has 180 valence electrons. The van der Waals surface area contributed by atoms with Gasteiger partial charge in [-0.05, 0) is 83.8 Å². The standard InChI is InChI=1S/C24H41N5O3/c1-4-26-24(27-13-5-6-14-29-15-11-20(12-16-29)23(25)31)28-17-22(30)19-7-9-21(10-8-19)32-18(2)3/h7-10,18,20,22,30H,4-6,11-17H2,1-3H3,(H2,25,31)(H2,26,27,28). The topological polar surface area (TPSA) is 112 Å². The number of primary amides is 1. The summed E-state index contributed by atoms with van der Waals surface area (Å²) in [6.07, 6.45) is 3.32. The number of likely N-dealkylation sites (tertiary alicyclic amines) is 1. The van der Waals surface area contributed by atoms with Gasteiger partial charge >= 0.3 is 0 Å². The van der Waals surface area contributed by atoms with Crippen LogP contribution in [0.1, 0.15) is 58.1 Å². The van der Waals surface area contributed by atoms with Crippen molar-refractivity contribution in [3.05, 3.63) is 29.8 Å². The van der Waals surface area contributed by atoms with Crippen LogP contribution < -0.4 is 21.1 Å². The fraction of sp³-hybridized carbons (Fsp3) is 0.667. The highest BCUT2D eigenvalue weighted by molar-refractivity contribution is 5.79. The molecule has 0 bridgehead atoms. The molecule has 1 aromatic rings. The number of aliphatic hydroxyl groups excluding tert-OH is 1. The van der Waals surface area contributed by atoms with E-state index in [1.54, 1.807) is 0 Å². The Hall–Kier alpha value is -2.32. The number of hydrogen-bond donors (Lipinski definition) is 4. The molecule has 8 heteroatoms. The molecule has 1 unspecified atom stereocenters. The van der Waals surface area contributed by atoms with Gasteiger partial charge in [0.1, 0.15) is 5.75 Å². The number of hydrogen-bond acceptors (Lipinski definition) is 5. The van der Waals surface area contributed by atoms with E-state index in [-0.39, 0.29) is 24.5 Å². The number of ether oxygens (including phenoxy) is 1. The van der Waals surface area contributed by atoms with Gasteiger partial charge in [0.05, 0.1) is 18.8 Å². The Kier molecular flexibility index (Phi) is 11.3. The minimum absolute atomic E-state index is 0.0495. The lowest BCUT2D eigenvalue weighted by Gasteiger charge is -2.30. The maximum atomic E-state index is 11.3. The molecule has 0 radical (unpaired) electrons. The SMILES string of the molecule is CCNC(=NCC(O)c1ccc(OC(C)C)cc1)NCCCCN1CCC(C(N)=O)CC1. The summed E-state index contributed by atoms with van der Waals surface area (Å²) in [6.45, 7) is 10.8. The fourth-order valence-corrected chi connectivity index (χ4v) is 3.77. The number of nitrogens with two attached hydrogens (primary N) is 1. The van der Waals surface area contributed by atoms with Crippen molar-refractivity contribution >= 4 is 11.9 Å². The van der Waals surface area contributed by atoms with Gasteiger partial charge in [0.15, 0.2) is 5.96 Å². The van der Waals surface area contributed by atoms with Gasteiger partial charge in [0, 0.05) is 19.0 Å². The van der Waals surface area contributed by atoms with Crippen LogP contribution in [0.15, 0.2) is 29.3 Å². The Bertz CT molecular complexity index is 700. The molecule has 1 aliphatic rings. The zero-order chi connectivity index (χ0) is 23.3. The predicted octanol–water partition coefficient (Wildman–Crippen LogP) is 2.04. The van der Waals surface area contributed by atoms with E-state index in [1.807, 2.05) is 45.0 Å². The van der Waals surface area contributed by atoms with Crippen LogP contribution in [-0.2, 0) is 4.79 Å². The van der Waals surface area contributed by atoms with E-state index in [4.69, 9.17) is 10.5 Å². The average Bonchev–Trinajstić information content (AvgIpc) is 2.77. The molecular weight excluding hydrogens is 406 g/mol. The number of aliphatic hydroxyl groups is 1. The van der Waals surface area contributed by atoms with E-state index in [9.17, 15) is 9.90 Å². The Morgan fingerprint density at radius 1 is 1.22 bits per heavy atom. The molecule has 1 amide bonds. The lowest BCUT2D eigenvalue weighted by Crippen LogP contribution is -2.40. The first-order chi connectivity index (χ1) is 15.4. The Morgan fingerprint density at radius 2 is 1.91 bits per heavy atom. The van der Waals surface area contributed by atoms with E-state index < -0.39 is 6.10 Å². The molecule has 5 N–H and O–H groups in total. The molecule has 1 atom stereocenters. The van der Waals surface area contributed by atoms with Crippen molar-refractivity contribution in [1.29, 1.82) is 0 Å². The van der Waals surface area contributed by atoms with Crippen molar-refractivity contribution < 1.29 is 14.6 Å². The lowest BCUT2D eigenvalue weighted by atomic mass is 9.96. The molecule has 0 aliphatic carbocycles. The van der Waals surface area contributed by atoms with Crippen LogP contribution in [0.5, 0.6) is 5.75 Å². The van der Waals surface area contributed by atoms with E-state index >= 15 is 0 Å². The lowest BCUT2D eigenvalue weighted by molar-refractivity contribution is -0.123. The zero-order valence-corrected chi connectivity index (χ0v) is 19.8. The highest BCUT2D eigenvalue weighted by Gasteiger charge is 2.22. The number of rotatable bonds is 12. The fourth-order valence-electron chi connectivity index (χ4n) is 3.77. The minimum Gasteiger partial charge on any atom is -0.491 e. The van der Waals surface area contributed by atoms with Crippen LogP contribution >= 0.6 is 0 Å². The highest BCUT2D eigenvalue weighted by Crippen LogP contribution is 2.19. The summed E-state index contributed by atoms with van der Waals surface area (Å²) in [5.41, 5.74) is 6.22. The number of nitrogens with zero attached hydrogens (tertiary/aromatic N) is 2. The van der Waals surface area contributed by atoms with E-state index in [0.717, 1.165) is 69.7 Å². The number of carbonyl (C=O) groups excluding carboxylic acids is 1. The molecule has 8 nitrogen and oxygen atoms in total. The maximum absolute atomic E-state index is 11.3. The molecule has 1 heterocycles. The van der Waals surface area contributed by atoms with Crippen molar-refractivity contribution in [1.82, 2.24) is 15.5 Å². The first-order valence-corrected chi connectivity index (χ1v) is 11.9. The smallest absolute Gasteiger partial charge is 0.220 e. The zero-order valence-electron chi connectivity index (χ0n) is 19.8. The number of aliphatic imine (C=N–C) groups is 1. The summed E-state index contributed by atoms with van der Waals surface area (Å²) >= 11 is 0. The van der Waals surface area contributed by atoms with Crippen molar-refractivity contribution in [2.24, 2.45) is 16.6 Å². The summed E-state index contributed by atoms with van der Waals surface area (Å²) in [5, 5.41) is 17.1. The third-order valence-corrected chi connectivity index (χ3v) is 5.59. The molecular formula is C24H41N5O3. The van der Waals surface area contributed by atoms with Crippen molar-refractivity contribution in [3.63, 3.8) is 0 Å². The van der Waals surface area contributed by atoms with Crippen LogP contribution in [0.3, 0.4) is 0 Å². The molecule has 2 rings (SSSR count). The summed E-state index contributed by atoms with van der Waals surface area (Å²) in [7, 11) is 0. The maximum Gasteiger partial charge on any atom is 0.220 e. The van der Waals surface area contributed by atoms with Gasteiger partial charge in [-0.3, -0.25) is 9.79 Å². The Morgan fingerprint density at radius 3 is 2.50 bits per heavy atom. The highest BCUT2D eigenvalue weighted by atomic mass is 16.5.